The van der Waals surface area contributed by atoms with Crippen molar-refractivity contribution in [1.29, 1.82) is 0 Å². The van der Waals surface area contributed by atoms with Crippen molar-refractivity contribution < 1.29 is 13.5 Å². The van der Waals surface area contributed by atoms with E-state index in [4.69, 9.17) is 0 Å². The second-order valence-corrected chi connectivity index (χ2v) is 12.0. The van der Waals surface area contributed by atoms with E-state index in [0.29, 0.717) is 36.7 Å². The zero-order valence-corrected chi connectivity index (χ0v) is 19.4. The van der Waals surface area contributed by atoms with Gasteiger partial charge in [-0.1, -0.05) is 41.5 Å². The monoisotopic (exact) mass is 408 g/mol. The second kappa shape index (κ2) is 7.81. The van der Waals surface area contributed by atoms with Crippen molar-refractivity contribution >= 4 is 16.1 Å². The summed E-state index contributed by atoms with van der Waals surface area (Å²) in [7, 11) is 0.462. The lowest BCUT2D eigenvalue weighted by Gasteiger charge is -2.28. The van der Waals surface area contributed by atoms with E-state index in [1.807, 2.05) is 31.1 Å². The molecule has 1 fully saturated rings. The Labute approximate surface area is 171 Å². The third-order valence-corrected chi connectivity index (χ3v) is 7.18. The highest BCUT2D eigenvalue weighted by Crippen LogP contribution is 2.40. The van der Waals surface area contributed by atoms with Gasteiger partial charge < -0.3 is 10.0 Å². The van der Waals surface area contributed by atoms with E-state index in [2.05, 4.69) is 41.5 Å². The fraction of sp³-hybridized carbons (Fsp3) is 0.636. The molecule has 1 saturated heterocycles. The molecule has 0 saturated carbocycles. The number of phenolic OH excluding ortho intramolecular Hbond substituents is 1. The minimum Gasteiger partial charge on any atom is -0.507 e. The summed E-state index contributed by atoms with van der Waals surface area (Å²) in [6.45, 7) is 14.1. The van der Waals surface area contributed by atoms with Crippen LogP contribution < -0.4 is 0 Å². The molecule has 0 radical (unpaired) electrons. The molecule has 158 valence electrons. The molecule has 1 aliphatic heterocycles. The SMILES string of the molecule is CN(C)CCN1CC/C(=C\c2cc(C(C)(C)C)c(O)c(C(C)(C)C)c2)S1(=O)=O. The van der Waals surface area contributed by atoms with Crippen LogP contribution in [0.4, 0.5) is 0 Å². The number of rotatable bonds is 4. The van der Waals surface area contributed by atoms with Crippen molar-refractivity contribution in [3.63, 3.8) is 0 Å². The third kappa shape index (κ3) is 4.97. The van der Waals surface area contributed by atoms with E-state index in [1.165, 1.54) is 0 Å². The maximum Gasteiger partial charge on any atom is 0.239 e. The molecule has 6 heteroatoms. The molecule has 1 aromatic carbocycles. The fourth-order valence-corrected chi connectivity index (χ4v) is 5.03. The highest BCUT2D eigenvalue weighted by molar-refractivity contribution is 7.93. The molecule has 0 spiro atoms. The van der Waals surface area contributed by atoms with Gasteiger partial charge in [0.25, 0.3) is 0 Å². The molecule has 0 atom stereocenters. The van der Waals surface area contributed by atoms with Gasteiger partial charge in [0.1, 0.15) is 5.75 Å². The summed E-state index contributed by atoms with van der Waals surface area (Å²) in [5, 5.41) is 10.9. The molecular formula is C22H36N2O3S. The van der Waals surface area contributed by atoms with E-state index in [9.17, 15) is 13.5 Å². The number of hydrogen-bond donors (Lipinski definition) is 1. The lowest BCUT2D eigenvalue weighted by molar-refractivity contribution is 0.345. The third-order valence-electron chi connectivity index (χ3n) is 5.15. The Morgan fingerprint density at radius 1 is 1.07 bits per heavy atom. The normalized spacial score (nSPS) is 19.7. The molecule has 1 N–H and O–H groups in total. The van der Waals surface area contributed by atoms with Crippen molar-refractivity contribution in [2.75, 3.05) is 33.7 Å². The minimum absolute atomic E-state index is 0.245. The van der Waals surface area contributed by atoms with Crippen molar-refractivity contribution in [1.82, 2.24) is 9.21 Å². The molecule has 0 unspecified atom stereocenters. The van der Waals surface area contributed by atoms with Gasteiger partial charge in [-0.05, 0) is 55.1 Å². The van der Waals surface area contributed by atoms with Crippen molar-refractivity contribution in [2.24, 2.45) is 0 Å². The molecule has 0 bridgehead atoms. The summed E-state index contributed by atoms with van der Waals surface area (Å²) in [4.78, 5) is 2.44. The Kier molecular flexibility index (Phi) is 6.39. The fourth-order valence-electron chi connectivity index (χ4n) is 3.41. The lowest BCUT2D eigenvalue weighted by atomic mass is 9.78. The van der Waals surface area contributed by atoms with E-state index in [1.54, 1.807) is 10.4 Å². The first kappa shape index (κ1) is 22.9. The van der Waals surface area contributed by atoms with Crippen LogP contribution in [-0.4, -0.2) is 56.5 Å². The first-order valence-electron chi connectivity index (χ1n) is 9.87. The molecule has 1 heterocycles. The summed E-state index contributed by atoms with van der Waals surface area (Å²) in [5.74, 6) is 0.309. The van der Waals surface area contributed by atoms with Gasteiger partial charge in [-0.25, -0.2) is 8.42 Å². The minimum atomic E-state index is -3.42. The van der Waals surface area contributed by atoms with Crippen LogP contribution in [0.5, 0.6) is 5.75 Å². The Bertz CT molecular complexity index is 822. The molecule has 5 nitrogen and oxygen atoms in total. The molecule has 2 rings (SSSR count). The smallest absolute Gasteiger partial charge is 0.239 e. The number of likely N-dealkylation sites (N-methyl/N-ethyl adjacent to an activating group) is 1. The molecule has 0 amide bonds. The summed E-state index contributed by atoms with van der Waals surface area (Å²) in [6.07, 6.45) is 2.31. The maximum atomic E-state index is 12.9. The maximum absolute atomic E-state index is 12.9. The Morgan fingerprint density at radius 2 is 1.57 bits per heavy atom. The molecule has 28 heavy (non-hydrogen) atoms. The number of benzene rings is 1. The van der Waals surface area contributed by atoms with Crippen LogP contribution in [0.1, 0.15) is 64.7 Å². The largest absolute Gasteiger partial charge is 0.507 e. The van der Waals surface area contributed by atoms with Crippen LogP contribution in [0, 0.1) is 0 Å². The van der Waals surface area contributed by atoms with Crippen LogP contribution >= 0.6 is 0 Å². The standard InChI is InChI=1S/C22H36N2O3S/c1-21(2,3)18-14-16(15-19(20(18)25)22(4,5)6)13-17-9-10-24(28(17,26)27)12-11-23(7)8/h13-15,25H,9-12H2,1-8H3/b17-13+. The lowest BCUT2D eigenvalue weighted by Crippen LogP contribution is -2.32. The average molecular weight is 409 g/mol. The zero-order valence-electron chi connectivity index (χ0n) is 18.6. The van der Waals surface area contributed by atoms with Gasteiger partial charge in [-0.3, -0.25) is 0 Å². The first-order chi connectivity index (χ1) is 12.6. The predicted molar refractivity (Wildman–Crippen MR) is 117 cm³/mol. The Balaban J connectivity index is 2.51. The Morgan fingerprint density at radius 3 is 2.00 bits per heavy atom. The topological polar surface area (TPSA) is 60.9 Å². The molecule has 0 aliphatic carbocycles. The molecule has 1 aliphatic rings. The van der Waals surface area contributed by atoms with Gasteiger partial charge in [0.15, 0.2) is 0 Å². The number of aromatic hydroxyl groups is 1. The van der Waals surface area contributed by atoms with Gasteiger partial charge in [-0.2, -0.15) is 4.31 Å². The van der Waals surface area contributed by atoms with Gasteiger partial charge in [0.2, 0.25) is 10.0 Å². The van der Waals surface area contributed by atoms with E-state index in [-0.39, 0.29) is 10.8 Å². The van der Waals surface area contributed by atoms with E-state index >= 15 is 0 Å². The first-order valence-corrected chi connectivity index (χ1v) is 11.3. The van der Waals surface area contributed by atoms with Gasteiger partial charge in [0, 0.05) is 30.8 Å². The van der Waals surface area contributed by atoms with Gasteiger partial charge >= 0.3 is 0 Å². The molecule has 1 aromatic rings. The number of hydrogen-bond acceptors (Lipinski definition) is 4. The van der Waals surface area contributed by atoms with Crippen molar-refractivity contribution in [3.05, 3.63) is 33.7 Å². The van der Waals surface area contributed by atoms with Crippen LogP contribution in [0.15, 0.2) is 17.0 Å². The van der Waals surface area contributed by atoms with Crippen LogP contribution in [0.2, 0.25) is 0 Å². The summed E-state index contributed by atoms with van der Waals surface area (Å²) < 4.78 is 27.4. The quantitative estimate of drug-likeness (QED) is 0.820. The molecule has 0 aromatic heterocycles. The highest BCUT2D eigenvalue weighted by Gasteiger charge is 2.34. The van der Waals surface area contributed by atoms with Crippen LogP contribution in [0.3, 0.4) is 0 Å². The Hall–Kier alpha value is -1.37. The summed E-state index contributed by atoms with van der Waals surface area (Å²) in [6, 6.07) is 3.85. The number of sulfonamides is 1. The second-order valence-electron chi connectivity index (χ2n) is 10.0. The number of phenols is 1. The zero-order chi connectivity index (χ0) is 21.5. The van der Waals surface area contributed by atoms with E-state index < -0.39 is 10.0 Å². The van der Waals surface area contributed by atoms with Gasteiger partial charge in [0.05, 0.1) is 4.91 Å². The highest BCUT2D eigenvalue weighted by atomic mass is 32.2. The van der Waals surface area contributed by atoms with E-state index in [0.717, 1.165) is 16.7 Å². The molecular weight excluding hydrogens is 372 g/mol. The average Bonchev–Trinajstić information content (AvgIpc) is 2.78. The van der Waals surface area contributed by atoms with Crippen molar-refractivity contribution in [3.8, 4) is 5.75 Å². The van der Waals surface area contributed by atoms with Crippen LogP contribution in [-0.2, 0) is 20.9 Å². The summed E-state index contributed by atoms with van der Waals surface area (Å²) >= 11 is 0. The van der Waals surface area contributed by atoms with Gasteiger partial charge in [-0.15, -0.1) is 0 Å². The van der Waals surface area contributed by atoms with Crippen LogP contribution in [0.25, 0.3) is 6.08 Å². The number of nitrogens with zero attached hydrogens (tertiary/aromatic N) is 2. The summed E-state index contributed by atoms with van der Waals surface area (Å²) in [5.41, 5.74) is 2.02. The van der Waals surface area contributed by atoms with Crippen molar-refractivity contribution in [2.45, 2.75) is 58.8 Å². The predicted octanol–water partition coefficient (Wildman–Crippen LogP) is 3.93.